The second-order valence-corrected chi connectivity index (χ2v) is 8.17. The first-order valence-corrected chi connectivity index (χ1v) is 10.6. The Morgan fingerprint density at radius 3 is 2.03 bits per heavy atom. The number of hydrogen-bond acceptors (Lipinski definition) is 5. The van der Waals surface area contributed by atoms with Crippen molar-refractivity contribution < 1.29 is 27.0 Å². The van der Waals surface area contributed by atoms with Crippen LogP contribution in [0.3, 0.4) is 0 Å². The summed E-state index contributed by atoms with van der Waals surface area (Å²) in [7, 11) is 0. The van der Waals surface area contributed by atoms with Gasteiger partial charge in [0.15, 0.2) is 11.5 Å². The molecular weight excluding hydrogens is 450 g/mol. The van der Waals surface area contributed by atoms with E-state index in [0.717, 1.165) is 11.1 Å². The maximum Gasteiger partial charge on any atom is 0.387 e. The fourth-order valence-corrected chi connectivity index (χ4v) is 3.92. The Labute approximate surface area is 195 Å². The lowest BCUT2D eigenvalue weighted by Gasteiger charge is -2.25. The molecule has 3 aromatic rings. The lowest BCUT2D eigenvalue weighted by atomic mass is 9.85. The lowest BCUT2D eigenvalue weighted by Crippen LogP contribution is -2.28. The van der Waals surface area contributed by atoms with E-state index in [1.54, 1.807) is 18.3 Å². The number of rotatable bonds is 10. The molecule has 5 nitrogen and oxygen atoms in total. The van der Waals surface area contributed by atoms with E-state index in [1.807, 2.05) is 50.2 Å². The van der Waals surface area contributed by atoms with E-state index in [-0.39, 0.29) is 11.8 Å². The molecule has 0 aromatic heterocycles. The van der Waals surface area contributed by atoms with Gasteiger partial charge in [-0.1, -0.05) is 62.4 Å². The van der Waals surface area contributed by atoms with Crippen molar-refractivity contribution in [3.8, 4) is 11.5 Å². The summed E-state index contributed by atoms with van der Waals surface area (Å²) in [4.78, 5) is 0. The molecule has 0 aliphatic carbocycles. The summed E-state index contributed by atoms with van der Waals surface area (Å²) < 4.78 is 59.9. The highest BCUT2D eigenvalue weighted by molar-refractivity contribution is 5.87. The zero-order valence-corrected chi connectivity index (χ0v) is 18.8. The smallest absolute Gasteiger partial charge is 0.387 e. The molecule has 182 valence electrons. The number of nitrogens with zero attached hydrogens (tertiary/aromatic N) is 1. The number of hydrazine groups is 1. The van der Waals surface area contributed by atoms with Crippen molar-refractivity contribution in [3.05, 3.63) is 83.7 Å². The van der Waals surface area contributed by atoms with E-state index < -0.39 is 24.7 Å². The van der Waals surface area contributed by atoms with Crippen molar-refractivity contribution in [2.24, 2.45) is 17.5 Å². The highest BCUT2D eigenvalue weighted by Crippen LogP contribution is 2.37. The fourth-order valence-electron chi connectivity index (χ4n) is 3.92. The fraction of sp³-hybridized carbons (Fsp3) is 0.280. The molecule has 0 aliphatic rings. The van der Waals surface area contributed by atoms with Crippen LogP contribution in [0.1, 0.15) is 30.9 Å². The van der Waals surface area contributed by atoms with Gasteiger partial charge in [0.1, 0.15) is 0 Å². The molecule has 1 unspecified atom stereocenters. The number of alkyl halides is 4. The summed E-state index contributed by atoms with van der Waals surface area (Å²) in [5, 5.41) is 2.54. The SMILES string of the molecule is CC(C)C(/C(N)=C/N(N)Cc1ccccc1)c1ccc2cc(OC(F)F)c(OC(F)F)cc2c1. The van der Waals surface area contributed by atoms with E-state index in [2.05, 4.69) is 9.47 Å². The molecule has 0 aliphatic heterocycles. The lowest BCUT2D eigenvalue weighted by molar-refractivity contribution is -0.0690. The van der Waals surface area contributed by atoms with Crippen molar-refractivity contribution in [1.29, 1.82) is 0 Å². The monoisotopic (exact) mass is 477 g/mol. The van der Waals surface area contributed by atoms with Crippen LogP contribution >= 0.6 is 0 Å². The average Bonchev–Trinajstić information content (AvgIpc) is 2.74. The molecule has 0 saturated heterocycles. The molecule has 0 amide bonds. The Morgan fingerprint density at radius 1 is 0.882 bits per heavy atom. The predicted molar refractivity (Wildman–Crippen MR) is 123 cm³/mol. The van der Waals surface area contributed by atoms with Gasteiger partial charge in [-0.25, -0.2) is 5.84 Å². The van der Waals surface area contributed by atoms with Crippen molar-refractivity contribution in [3.63, 3.8) is 0 Å². The Bertz CT molecular complexity index is 1120. The zero-order valence-electron chi connectivity index (χ0n) is 18.8. The standard InChI is InChI=1S/C25H27F4N3O2/c1-15(2)23(20(30)14-32(31)13-16-6-4-3-5-7-16)18-9-8-17-11-21(33-24(26)27)22(34-25(28)29)12-19(17)10-18/h3-12,14-15,23-25H,13,30-31H2,1-2H3/b20-14-. The van der Waals surface area contributed by atoms with Crippen molar-refractivity contribution >= 4 is 10.8 Å². The van der Waals surface area contributed by atoms with Gasteiger partial charge >= 0.3 is 13.2 Å². The minimum absolute atomic E-state index is 0.0806. The maximum atomic E-state index is 12.8. The van der Waals surface area contributed by atoms with Crippen LogP contribution in [0.25, 0.3) is 10.8 Å². The van der Waals surface area contributed by atoms with Crippen molar-refractivity contribution in [2.45, 2.75) is 39.5 Å². The van der Waals surface area contributed by atoms with E-state index in [9.17, 15) is 17.6 Å². The molecule has 34 heavy (non-hydrogen) atoms. The van der Waals surface area contributed by atoms with Crippen LogP contribution in [0.4, 0.5) is 17.6 Å². The quantitative estimate of drug-likeness (QED) is 0.214. The van der Waals surface area contributed by atoms with Gasteiger partial charge in [-0.3, -0.25) is 0 Å². The van der Waals surface area contributed by atoms with Crippen LogP contribution in [0.5, 0.6) is 11.5 Å². The Hall–Kier alpha value is -3.46. The van der Waals surface area contributed by atoms with Gasteiger partial charge in [-0.15, -0.1) is 0 Å². The number of fused-ring (bicyclic) bond motifs is 1. The summed E-state index contributed by atoms with van der Waals surface area (Å²) in [6, 6.07) is 17.5. The average molecular weight is 478 g/mol. The minimum Gasteiger partial charge on any atom is -0.431 e. The van der Waals surface area contributed by atoms with Gasteiger partial charge in [0.05, 0.1) is 6.54 Å². The van der Waals surface area contributed by atoms with Gasteiger partial charge in [-0.2, -0.15) is 17.6 Å². The molecule has 0 saturated carbocycles. The van der Waals surface area contributed by atoms with Gasteiger partial charge in [0, 0.05) is 17.8 Å². The molecule has 0 bridgehead atoms. The molecule has 0 spiro atoms. The van der Waals surface area contributed by atoms with E-state index >= 15 is 0 Å². The predicted octanol–water partition coefficient (Wildman–Crippen LogP) is 5.96. The number of allylic oxidation sites excluding steroid dienone is 1. The molecule has 0 radical (unpaired) electrons. The highest BCUT2D eigenvalue weighted by Gasteiger charge is 2.21. The first kappa shape index (κ1) is 25.2. The van der Waals surface area contributed by atoms with Crippen LogP contribution in [0, 0.1) is 5.92 Å². The van der Waals surface area contributed by atoms with E-state index in [0.29, 0.717) is 23.0 Å². The topological polar surface area (TPSA) is 73.7 Å². The number of nitrogens with two attached hydrogens (primary N) is 2. The van der Waals surface area contributed by atoms with Gasteiger partial charge < -0.3 is 20.2 Å². The first-order valence-electron chi connectivity index (χ1n) is 10.6. The van der Waals surface area contributed by atoms with Gasteiger partial charge in [0.2, 0.25) is 0 Å². The van der Waals surface area contributed by atoms with Crippen LogP contribution in [-0.2, 0) is 6.54 Å². The van der Waals surface area contributed by atoms with Gasteiger partial charge in [-0.05, 0) is 39.9 Å². The van der Waals surface area contributed by atoms with Crippen molar-refractivity contribution in [2.75, 3.05) is 0 Å². The minimum atomic E-state index is -3.19. The first-order chi connectivity index (χ1) is 16.1. The summed E-state index contributed by atoms with van der Waals surface area (Å²) in [5.74, 6) is 5.06. The van der Waals surface area contributed by atoms with E-state index in [1.165, 1.54) is 17.1 Å². The van der Waals surface area contributed by atoms with E-state index in [4.69, 9.17) is 11.6 Å². The van der Waals surface area contributed by atoms with Crippen molar-refractivity contribution in [1.82, 2.24) is 5.01 Å². The molecule has 3 aromatic carbocycles. The number of hydrogen-bond donors (Lipinski definition) is 2. The Balaban J connectivity index is 1.94. The second-order valence-electron chi connectivity index (χ2n) is 8.17. The number of halogens is 4. The highest BCUT2D eigenvalue weighted by atomic mass is 19.3. The Morgan fingerprint density at radius 2 is 1.47 bits per heavy atom. The second kappa shape index (κ2) is 11.1. The molecule has 0 heterocycles. The Kier molecular flexibility index (Phi) is 8.22. The summed E-state index contributed by atoms with van der Waals surface area (Å²) in [6.45, 7) is -1.91. The normalized spacial score (nSPS) is 13.1. The molecule has 3 rings (SSSR count). The maximum absolute atomic E-state index is 12.8. The third-order valence-electron chi connectivity index (χ3n) is 5.27. The molecule has 4 N–H and O–H groups in total. The molecule has 9 heteroatoms. The summed E-state index contributed by atoms with van der Waals surface area (Å²) in [6.07, 6.45) is 1.67. The summed E-state index contributed by atoms with van der Waals surface area (Å²) in [5.41, 5.74) is 8.80. The third-order valence-corrected chi connectivity index (χ3v) is 5.27. The third kappa shape index (κ3) is 6.54. The van der Waals surface area contributed by atoms with Crippen LogP contribution in [0.15, 0.2) is 72.6 Å². The number of benzene rings is 3. The summed E-state index contributed by atoms with van der Waals surface area (Å²) >= 11 is 0. The van der Waals surface area contributed by atoms with Crippen LogP contribution in [0.2, 0.25) is 0 Å². The van der Waals surface area contributed by atoms with Crippen LogP contribution in [-0.4, -0.2) is 18.2 Å². The molecular formula is C25H27F4N3O2. The number of ether oxygens (including phenoxy) is 2. The largest absolute Gasteiger partial charge is 0.431 e. The van der Waals surface area contributed by atoms with Gasteiger partial charge in [0.25, 0.3) is 0 Å². The molecule has 1 atom stereocenters. The molecule has 0 fully saturated rings. The zero-order chi connectivity index (χ0) is 24.8. The van der Waals surface area contributed by atoms with Crippen LogP contribution < -0.4 is 21.1 Å².